The van der Waals surface area contributed by atoms with Crippen LogP contribution in [0.5, 0.6) is 5.75 Å². The van der Waals surface area contributed by atoms with E-state index in [0.717, 1.165) is 16.6 Å². The van der Waals surface area contributed by atoms with Gasteiger partial charge in [-0.05, 0) is 60.2 Å². The van der Waals surface area contributed by atoms with Crippen molar-refractivity contribution in [1.82, 2.24) is 0 Å². The van der Waals surface area contributed by atoms with Gasteiger partial charge in [-0.15, -0.1) is 0 Å². The molecule has 0 spiro atoms. The van der Waals surface area contributed by atoms with Crippen LogP contribution in [0.15, 0.2) is 82.8 Å². The Hall–Kier alpha value is -3.90. The van der Waals surface area contributed by atoms with Crippen molar-refractivity contribution in [2.75, 3.05) is 5.32 Å². The molecule has 0 aliphatic heterocycles. The van der Waals surface area contributed by atoms with E-state index in [1.807, 2.05) is 0 Å². The average molecular weight is 515 g/mol. The first-order chi connectivity index (χ1) is 15.7. The molecule has 0 heterocycles. The summed E-state index contributed by atoms with van der Waals surface area (Å²) in [6, 6.07) is 18.7. The zero-order valence-electron chi connectivity index (χ0n) is 16.7. The molecule has 0 fully saturated rings. The Labute approximate surface area is 195 Å². The maximum atomic E-state index is 13.1. The highest BCUT2D eigenvalue weighted by Crippen LogP contribution is 2.34. The highest BCUT2D eigenvalue weighted by atomic mass is 79.9. The number of esters is 1. The van der Waals surface area contributed by atoms with E-state index in [0.29, 0.717) is 11.1 Å². The number of benzene rings is 3. The summed E-state index contributed by atoms with van der Waals surface area (Å²) in [6.45, 7) is 0. The third-order valence-corrected chi connectivity index (χ3v) is 4.86. The van der Waals surface area contributed by atoms with Gasteiger partial charge in [0.15, 0.2) is 0 Å². The summed E-state index contributed by atoms with van der Waals surface area (Å²) >= 11 is 3.28. The van der Waals surface area contributed by atoms with Gasteiger partial charge in [0.1, 0.15) is 17.4 Å². The number of nitrogens with one attached hydrogen (secondary N) is 1. The minimum absolute atomic E-state index is 0.238. The molecule has 0 saturated heterocycles. The third-order valence-electron chi connectivity index (χ3n) is 4.33. The normalized spacial score (nSPS) is 11.4. The summed E-state index contributed by atoms with van der Waals surface area (Å²) in [5, 5.41) is 11.4. The first-order valence-corrected chi connectivity index (χ1v) is 10.1. The smallest absolute Gasteiger partial charge is 0.418 e. The molecule has 5 nitrogen and oxygen atoms in total. The maximum Gasteiger partial charge on any atom is 0.418 e. The molecule has 0 aliphatic rings. The van der Waals surface area contributed by atoms with Gasteiger partial charge in [0.2, 0.25) is 0 Å². The van der Waals surface area contributed by atoms with Crippen LogP contribution >= 0.6 is 15.9 Å². The average Bonchev–Trinajstić information content (AvgIpc) is 2.78. The number of hydrogen-bond acceptors (Lipinski definition) is 4. The molecule has 0 radical (unpaired) electrons. The van der Waals surface area contributed by atoms with E-state index in [1.165, 1.54) is 42.5 Å². The Morgan fingerprint density at radius 3 is 2.21 bits per heavy atom. The van der Waals surface area contributed by atoms with E-state index >= 15 is 0 Å². The molecule has 0 aromatic heterocycles. The van der Waals surface area contributed by atoms with E-state index in [2.05, 4.69) is 21.2 Å². The Morgan fingerprint density at radius 1 is 0.970 bits per heavy atom. The number of amides is 1. The van der Waals surface area contributed by atoms with Gasteiger partial charge in [-0.2, -0.15) is 18.4 Å². The molecule has 1 N–H and O–H groups in total. The molecule has 3 aromatic rings. The number of carbonyl (C=O) groups excluding carboxylic acids is 2. The standard InChI is InChI=1S/C24H14BrF3N2O3/c25-18-9-7-16(8-10-18)23(32)33-19-11-5-15(6-12-19)13-17(14-29)22(31)30-21-4-2-1-3-20(21)24(26,27)28/h1-13H,(H,30,31). The monoisotopic (exact) mass is 514 g/mol. The van der Waals surface area contributed by atoms with Crippen LogP contribution in [0.1, 0.15) is 21.5 Å². The minimum atomic E-state index is -4.66. The molecule has 0 bridgehead atoms. The fourth-order valence-corrected chi connectivity index (χ4v) is 2.99. The quantitative estimate of drug-likeness (QED) is 0.189. The Morgan fingerprint density at radius 2 is 1.61 bits per heavy atom. The molecule has 9 heteroatoms. The van der Waals surface area contributed by atoms with Gasteiger partial charge in [0, 0.05) is 4.47 Å². The van der Waals surface area contributed by atoms with E-state index in [-0.39, 0.29) is 5.75 Å². The second-order valence-electron chi connectivity index (χ2n) is 6.63. The number of alkyl halides is 3. The topological polar surface area (TPSA) is 79.2 Å². The molecule has 0 atom stereocenters. The number of hydrogen-bond donors (Lipinski definition) is 1. The highest BCUT2D eigenvalue weighted by Gasteiger charge is 2.33. The predicted molar refractivity (Wildman–Crippen MR) is 119 cm³/mol. The van der Waals surface area contributed by atoms with Crippen LogP contribution in [-0.2, 0) is 11.0 Å². The summed E-state index contributed by atoms with van der Waals surface area (Å²) < 4.78 is 45.4. The molecule has 1 amide bonds. The number of nitriles is 1. The van der Waals surface area contributed by atoms with Crippen molar-refractivity contribution in [3.05, 3.63) is 99.5 Å². The van der Waals surface area contributed by atoms with Crippen molar-refractivity contribution < 1.29 is 27.5 Å². The summed E-state index contributed by atoms with van der Waals surface area (Å²) in [5.41, 5.74) is -1.11. The Bertz CT molecular complexity index is 1250. The molecule has 3 rings (SSSR count). The molecule has 0 aliphatic carbocycles. The first-order valence-electron chi connectivity index (χ1n) is 9.34. The van der Waals surface area contributed by atoms with E-state index in [9.17, 15) is 28.0 Å². The lowest BCUT2D eigenvalue weighted by Crippen LogP contribution is -2.17. The predicted octanol–water partition coefficient (Wildman–Crippen LogP) is 6.23. The second-order valence-corrected chi connectivity index (χ2v) is 7.55. The second kappa shape index (κ2) is 10.1. The fraction of sp³-hybridized carbons (Fsp3) is 0.0417. The van der Waals surface area contributed by atoms with Crippen LogP contribution in [0, 0.1) is 11.3 Å². The van der Waals surface area contributed by atoms with Crippen LogP contribution in [0.25, 0.3) is 6.08 Å². The van der Waals surface area contributed by atoms with E-state index < -0.39 is 34.9 Å². The van der Waals surface area contributed by atoms with Crippen LogP contribution < -0.4 is 10.1 Å². The molecular weight excluding hydrogens is 501 g/mol. The highest BCUT2D eigenvalue weighted by molar-refractivity contribution is 9.10. The zero-order valence-corrected chi connectivity index (χ0v) is 18.3. The fourth-order valence-electron chi connectivity index (χ4n) is 2.73. The van der Waals surface area contributed by atoms with Gasteiger partial charge in [-0.25, -0.2) is 4.79 Å². The summed E-state index contributed by atoms with van der Waals surface area (Å²) in [6.07, 6.45) is -3.45. The third kappa shape index (κ3) is 6.30. The van der Waals surface area contributed by atoms with Gasteiger partial charge < -0.3 is 10.1 Å². The van der Waals surface area contributed by atoms with Gasteiger partial charge >= 0.3 is 12.1 Å². The van der Waals surface area contributed by atoms with E-state index in [4.69, 9.17) is 4.74 Å². The summed E-state index contributed by atoms with van der Waals surface area (Å²) in [4.78, 5) is 24.5. The lowest BCUT2D eigenvalue weighted by Gasteiger charge is -2.13. The van der Waals surface area contributed by atoms with Crippen LogP contribution in [0.2, 0.25) is 0 Å². The lowest BCUT2D eigenvalue weighted by atomic mass is 10.1. The number of carbonyl (C=O) groups is 2. The van der Waals surface area contributed by atoms with Crippen molar-refractivity contribution >= 4 is 39.6 Å². The van der Waals surface area contributed by atoms with Gasteiger partial charge in [0.25, 0.3) is 5.91 Å². The first kappa shape index (κ1) is 23.8. The molecule has 33 heavy (non-hydrogen) atoms. The summed E-state index contributed by atoms with van der Waals surface area (Å²) in [7, 11) is 0. The number of halogens is 4. The molecule has 0 saturated carbocycles. The van der Waals surface area contributed by atoms with Gasteiger partial charge in [-0.3, -0.25) is 4.79 Å². The maximum absolute atomic E-state index is 13.1. The number of ether oxygens (including phenoxy) is 1. The van der Waals surface area contributed by atoms with Crippen molar-refractivity contribution in [2.45, 2.75) is 6.18 Å². The number of anilines is 1. The molecule has 3 aromatic carbocycles. The number of nitrogens with zero attached hydrogens (tertiary/aromatic N) is 1. The molecule has 0 unspecified atom stereocenters. The molecular formula is C24H14BrF3N2O3. The zero-order chi connectivity index (χ0) is 24.0. The van der Waals surface area contributed by atoms with E-state index in [1.54, 1.807) is 30.3 Å². The van der Waals surface area contributed by atoms with Gasteiger partial charge in [0.05, 0.1) is 16.8 Å². The Balaban J connectivity index is 1.73. The van der Waals surface area contributed by atoms with Gasteiger partial charge in [-0.1, -0.05) is 40.2 Å². The van der Waals surface area contributed by atoms with Crippen LogP contribution in [-0.4, -0.2) is 11.9 Å². The largest absolute Gasteiger partial charge is 0.423 e. The number of rotatable bonds is 5. The van der Waals surface area contributed by atoms with Crippen molar-refractivity contribution in [2.24, 2.45) is 0 Å². The minimum Gasteiger partial charge on any atom is -0.423 e. The summed E-state index contributed by atoms with van der Waals surface area (Å²) in [5.74, 6) is -1.31. The molecule has 166 valence electrons. The number of para-hydroxylation sites is 1. The van der Waals surface area contributed by atoms with Crippen LogP contribution in [0.4, 0.5) is 18.9 Å². The Kier molecular flexibility index (Phi) is 7.30. The van der Waals surface area contributed by atoms with Crippen molar-refractivity contribution in [1.29, 1.82) is 5.26 Å². The van der Waals surface area contributed by atoms with Crippen molar-refractivity contribution in [3.8, 4) is 11.8 Å². The van der Waals surface area contributed by atoms with Crippen LogP contribution in [0.3, 0.4) is 0 Å². The SMILES string of the molecule is N#CC(=Cc1ccc(OC(=O)c2ccc(Br)cc2)cc1)C(=O)Nc1ccccc1C(F)(F)F. The van der Waals surface area contributed by atoms with Crippen molar-refractivity contribution in [3.63, 3.8) is 0 Å². The lowest BCUT2D eigenvalue weighted by molar-refractivity contribution is -0.137.